The van der Waals surface area contributed by atoms with Crippen LogP contribution in [0.25, 0.3) is 21.8 Å². The Hall–Kier alpha value is -2.21. The molecule has 132 valence electrons. The standard InChI is InChI=1S/C20H23NO4/c1-23-10-11-25-13-12-24-9-8-21-19-5-3-2-4-17(19)18-14-16(15-22)6-7-20(18)21/h2-7,14-15H,8-13H2,1H3. The summed E-state index contributed by atoms with van der Waals surface area (Å²) in [4.78, 5) is 11.1. The van der Waals surface area contributed by atoms with Crippen LogP contribution in [0.2, 0.25) is 0 Å². The topological polar surface area (TPSA) is 49.7 Å². The molecule has 0 aliphatic rings. The average Bonchev–Trinajstić information content (AvgIpc) is 2.97. The van der Waals surface area contributed by atoms with Crippen molar-refractivity contribution in [2.45, 2.75) is 6.54 Å². The lowest BCUT2D eigenvalue weighted by Crippen LogP contribution is -2.11. The molecule has 0 unspecified atom stereocenters. The first-order valence-corrected chi connectivity index (χ1v) is 8.45. The van der Waals surface area contributed by atoms with Crippen LogP contribution in [0.5, 0.6) is 0 Å². The zero-order chi connectivity index (χ0) is 17.5. The van der Waals surface area contributed by atoms with Crippen molar-refractivity contribution in [1.29, 1.82) is 0 Å². The van der Waals surface area contributed by atoms with Gasteiger partial charge in [0.2, 0.25) is 0 Å². The number of fused-ring (bicyclic) bond motifs is 3. The van der Waals surface area contributed by atoms with E-state index in [9.17, 15) is 4.79 Å². The summed E-state index contributed by atoms with van der Waals surface area (Å²) in [5.74, 6) is 0. The smallest absolute Gasteiger partial charge is 0.150 e. The van der Waals surface area contributed by atoms with E-state index in [1.54, 1.807) is 7.11 Å². The highest BCUT2D eigenvalue weighted by Crippen LogP contribution is 2.29. The van der Waals surface area contributed by atoms with Crippen LogP contribution in [-0.2, 0) is 20.8 Å². The van der Waals surface area contributed by atoms with Gasteiger partial charge in [0.1, 0.15) is 6.29 Å². The molecule has 2 aromatic carbocycles. The number of rotatable bonds is 10. The van der Waals surface area contributed by atoms with E-state index in [4.69, 9.17) is 14.2 Å². The number of methoxy groups -OCH3 is 1. The lowest BCUT2D eigenvalue weighted by molar-refractivity contribution is 0.0234. The Morgan fingerprint density at radius 3 is 2.40 bits per heavy atom. The second kappa shape index (κ2) is 8.76. The average molecular weight is 341 g/mol. The molecule has 0 saturated heterocycles. The third-order valence-corrected chi connectivity index (χ3v) is 4.20. The maximum absolute atomic E-state index is 11.1. The van der Waals surface area contributed by atoms with Crippen molar-refractivity contribution in [2.24, 2.45) is 0 Å². The number of aldehydes is 1. The number of carbonyl (C=O) groups is 1. The number of para-hydroxylation sites is 1. The first-order valence-electron chi connectivity index (χ1n) is 8.45. The van der Waals surface area contributed by atoms with Gasteiger partial charge in [0, 0.05) is 41.0 Å². The second-order valence-electron chi connectivity index (χ2n) is 5.78. The number of carbonyl (C=O) groups excluding carboxylic acids is 1. The van der Waals surface area contributed by atoms with E-state index in [-0.39, 0.29) is 0 Å². The Morgan fingerprint density at radius 2 is 1.60 bits per heavy atom. The first-order chi connectivity index (χ1) is 12.3. The van der Waals surface area contributed by atoms with E-state index < -0.39 is 0 Å². The van der Waals surface area contributed by atoms with E-state index >= 15 is 0 Å². The molecule has 0 saturated carbocycles. The largest absolute Gasteiger partial charge is 0.382 e. The van der Waals surface area contributed by atoms with E-state index in [0.717, 1.165) is 34.6 Å². The predicted octanol–water partition coefficient (Wildman–Crippen LogP) is 3.29. The van der Waals surface area contributed by atoms with Gasteiger partial charge in [-0.25, -0.2) is 0 Å². The van der Waals surface area contributed by atoms with Crippen molar-refractivity contribution in [1.82, 2.24) is 4.57 Å². The van der Waals surface area contributed by atoms with Crippen LogP contribution in [0.1, 0.15) is 10.4 Å². The number of nitrogens with zero attached hydrogens (tertiary/aromatic N) is 1. The molecule has 25 heavy (non-hydrogen) atoms. The summed E-state index contributed by atoms with van der Waals surface area (Å²) in [6.45, 7) is 3.69. The zero-order valence-electron chi connectivity index (χ0n) is 14.4. The Balaban J connectivity index is 1.69. The molecule has 0 aliphatic carbocycles. The molecule has 3 rings (SSSR count). The summed E-state index contributed by atoms with van der Waals surface area (Å²) in [5.41, 5.74) is 2.96. The van der Waals surface area contributed by atoms with Gasteiger partial charge >= 0.3 is 0 Å². The molecule has 0 atom stereocenters. The Kier molecular flexibility index (Phi) is 6.17. The highest BCUT2D eigenvalue weighted by molar-refractivity contribution is 6.09. The van der Waals surface area contributed by atoms with Crippen molar-refractivity contribution < 1.29 is 19.0 Å². The van der Waals surface area contributed by atoms with E-state index in [2.05, 4.69) is 16.7 Å². The predicted molar refractivity (Wildman–Crippen MR) is 98.3 cm³/mol. The van der Waals surface area contributed by atoms with Crippen molar-refractivity contribution in [3.63, 3.8) is 0 Å². The second-order valence-corrected chi connectivity index (χ2v) is 5.78. The summed E-state index contributed by atoms with van der Waals surface area (Å²) in [6, 6.07) is 14.1. The maximum atomic E-state index is 11.1. The van der Waals surface area contributed by atoms with Gasteiger partial charge in [0.05, 0.1) is 33.0 Å². The fourth-order valence-electron chi connectivity index (χ4n) is 3.01. The monoisotopic (exact) mass is 341 g/mol. The minimum atomic E-state index is 0.566. The van der Waals surface area contributed by atoms with Crippen LogP contribution in [0, 0.1) is 0 Å². The fraction of sp³-hybridized carbons (Fsp3) is 0.350. The van der Waals surface area contributed by atoms with E-state index in [0.29, 0.717) is 38.6 Å². The molecule has 1 heterocycles. The van der Waals surface area contributed by atoms with E-state index in [1.807, 2.05) is 30.3 Å². The molecular weight excluding hydrogens is 318 g/mol. The van der Waals surface area contributed by atoms with Crippen LogP contribution in [-0.4, -0.2) is 51.0 Å². The Labute approximate surface area is 147 Å². The van der Waals surface area contributed by atoms with Crippen molar-refractivity contribution in [2.75, 3.05) is 40.1 Å². The minimum Gasteiger partial charge on any atom is -0.382 e. The number of hydrogen-bond acceptors (Lipinski definition) is 4. The van der Waals surface area contributed by atoms with Gasteiger partial charge in [-0.3, -0.25) is 4.79 Å². The molecule has 5 heteroatoms. The highest BCUT2D eigenvalue weighted by Gasteiger charge is 2.10. The molecule has 1 aromatic heterocycles. The molecule has 5 nitrogen and oxygen atoms in total. The van der Waals surface area contributed by atoms with Crippen LogP contribution in [0.3, 0.4) is 0 Å². The molecule has 3 aromatic rings. The summed E-state index contributed by atoms with van der Waals surface area (Å²) < 4.78 is 18.2. The third kappa shape index (κ3) is 4.07. The zero-order valence-corrected chi connectivity index (χ0v) is 14.4. The fourth-order valence-corrected chi connectivity index (χ4v) is 3.01. The first kappa shape index (κ1) is 17.6. The van der Waals surface area contributed by atoms with Crippen LogP contribution in [0.4, 0.5) is 0 Å². The Morgan fingerprint density at radius 1 is 0.880 bits per heavy atom. The number of ether oxygens (including phenoxy) is 3. The van der Waals surface area contributed by atoms with Crippen molar-refractivity contribution >= 4 is 28.1 Å². The van der Waals surface area contributed by atoms with Gasteiger partial charge in [-0.2, -0.15) is 0 Å². The van der Waals surface area contributed by atoms with Crippen LogP contribution in [0.15, 0.2) is 42.5 Å². The van der Waals surface area contributed by atoms with Gasteiger partial charge in [0.15, 0.2) is 0 Å². The number of hydrogen-bond donors (Lipinski definition) is 0. The molecule has 0 amide bonds. The summed E-state index contributed by atoms with van der Waals surface area (Å²) in [6.07, 6.45) is 0.887. The summed E-state index contributed by atoms with van der Waals surface area (Å²) in [7, 11) is 1.66. The van der Waals surface area contributed by atoms with Gasteiger partial charge in [-0.15, -0.1) is 0 Å². The molecule has 0 spiro atoms. The normalized spacial score (nSPS) is 11.4. The molecule has 0 fully saturated rings. The summed E-state index contributed by atoms with van der Waals surface area (Å²) in [5, 5.41) is 2.26. The van der Waals surface area contributed by atoms with E-state index in [1.165, 1.54) is 0 Å². The summed E-state index contributed by atoms with van der Waals surface area (Å²) >= 11 is 0. The molecule has 0 bridgehead atoms. The van der Waals surface area contributed by atoms with Gasteiger partial charge in [0.25, 0.3) is 0 Å². The van der Waals surface area contributed by atoms with Gasteiger partial charge in [-0.1, -0.05) is 18.2 Å². The van der Waals surface area contributed by atoms with Crippen LogP contribution < -0.4 is 0 Å². The minimum absolute atomic E-state index is 0.566. The Bertz CT molecular complexity index is 840. The number of aromatic nitrogens is 1. The van der Waals surface area contributed by atoms with Gasteiger partial charge in [-0.05, 0) is 24.3 Å². The number of benzene rings is 2. The quantitative estimate of drug-likeness (QED) is 0.419. The molecule has 0 radical (unpaired) electrons. The van der Waals surface area contributed by atoms with Crippen molar-refractivity contribution in [3.8, 4) is 0 Å². The van der Waals surface area contributed by atoms with Gasteiger partial charge < -0.3 is 18.8 Å². The lowest BCUT2D eigenvalue weighted by atomic mass is 10.1. The maximum Gasteiger partial charge on any atom is 0.150 e. The molecule has 0 N–H and O–H groups in total. The van der Waals surface area contributed by atoms with Crippen LogP contribution >= 0.6 is 0 Å². The van der Waals surface area contributed by atoms with Crippen molar-refractivity contribution in [3.05, 3.63) is 48.0 Å². The SMILES string of the molecule is COCCOCCOCCn1c2ccccc2c2cc(C=O)ccc21. The molecular formula is C20H23NO4. The molecule has 0 aliphatic heterocycles. The third-order valence-electron chi connectivity index (χ3n) is 4.20. The highest BCUT2D eigenvalue weighted by atomic mass is 16.5. The lowest BCUT2D eigenvalue weighted by Gasteiger charge is -2.09.